The van der Waals surface area contributed by atoms with Gasteiger partial charge < -0.3 is 0 Å². The van der Waals surface area contributed by atoms with E-state index in [0.29, 0.717) is 18.5 Å². The van der Waals surface area contributed by atoms with Gasteiger partial charge in [-0.05, 0) is 23.4 Å². The van der Waals surface area contributed by atoms with Crippen molar-refractivity contribution in [3.63, 3.8) is 0 Å². The van der Waals surface area contributed by atoms with E-state index in [0.717, 1.165) is 11.3 Å². The number of hydrogen-bond acceptors (Lipinski definition) is 5. The van der Waals surface area contributed by atoms with Crippen molar-refractivity contribution in [3.8, 4) is 0 Å². The fraction of sp³-hybridized carbons (Fsp3) is 0.333. The maximum absolute atomic E-state index is 12.9. The molecule has 2 rings (SSSR count). The van der Waals surface area contributed by atoms with Crippen molar-refractivity contribution in [3.05, 3.63) is 53.4 Å². The van der Waals surface area contributed by atoms with E-state index in [4.69, 9.17) is 0 Å². The van der Waals surface area contributed by atoms with E-state index in [1.165, 1.54) is 6.07 Å². The standard InChI is InChI=1S/C15H20N2O4S3/c1-2-10-16-24(20,21)17-12-14(13-7-4-3-5-8-13)23(18,19)15-9-6-11-22-15/h3-9,11,14,16-17H,2,10,12H2,1H3. The molecule has 0 spiro atoms. The smallest absolute Gasteiger partial charge is 0.222 e. The van der Waals surface area contributed by atoms with Gasteiger partial charge >= 0.3 is 0 Å². The lowest BCUT2D eigenvalue weighted by molar-refractivity contribution is 0.559. The molecule has 0 saturated carbocycles. The van der Waals surface area contributed by atoms with Crippen LogP contribution in [0.15, 0.2) is 52.1 Å². The van der Waals surface area contributed by atoms with Crippen molar-refractivity contribution >= 4 is 31.4 Å². The molecule has 1 aromatic heterocycles. The quantitative estimate of drug-likeness (QED) is 0.688. The van der Waals surface area contributed by atoms with Crippen molar-refractivity contribution in [1.82, 2.24) is 9.44 Å². The zero-order valence-corrected chi connectivity index (χ0v) is 15.6. The first-order valence-electron chi connectivity index (χ1n) is 7.43. The minimum atomic E-state index is -3.74. The predicted octanol–water partition coefficient (Wildman–Crippen LogP) is 2.10. The van der Waals surface area contributed by atoms with Crippen molar-refractivity contribution < 1.29 is 16.8 Å². The third kappa shape index (κ3) is 4.87. The summed E-state index contributed by atoms with van der Waals surface area (Å²) in [4.78, 5) is 0. The molecular weight excluding hydrogens is 368 g/mol. The van der Waals surface area contributed by atoms with Crippen molar-refractivity contribution in [1.29, 1.82) is 0 Å². The van der Waals surface area contributed by atoms with Gasteiger partial charge in [0.1, 0.15) is 9.46 Å². The lowest BCUT2D eigenvalue weighted by Crippen LogP contribution is -2.40. The Morgan fingerprint density at radius 3 is 2.29 bits per heavy atom. The molecule has 0 radical (unpaired) electrons. The van der Waals surface area contributed by atoms with Crippen LogP contribution in [-0.2, 0) is 20.0 Å². The maximum atomic E-state index is 12.9. The topological polar surface area (TPSA) is 92.3 Å². The lowest BCUT2D eigenvalue weighted by atomic mass is 10.1. The van der Waals surface area contributed by atoms with Gasteiger partial charge in [0.25, 0.3) is 10.2 Å². The molecule has 2 N–H and O–H groups in total. The molecule has 1 heterocycles. The summed E-state index contributed by atoms with van der Waals surface area (Å²) in [6.45, 7) is 1.91. The van der Waals surface area contributed by atoms with Crippen LogP contribution in [0.25, 0.3) is 0 Å². The number of hydrogen-bond donors (Lipinski definition) is 2. The molecular formula is C15H20N2O4S3. The van der Waals surface area contributed by atoms with E-state index in [1.807, 2.05) is 6.92 Å². The molecule has 0 amide bonds. The minimum Gasteiger partial charge on any atom is -0.222 e. The average molecular weight is 389 g/mol. The molecule has 0 saturated heterocycles. The van der Waals surface area contributed by atoms with Crippen LogP contribution in [0.4, 0.5) is 0 Å². The first-order valence-corrected chi connectivity index (χ1v) is 11.3. The van der Waals surface area contributed by atoms with Gasteiger partial charge in [0.05, 0.1) is 0 Å². The number of thiophene rings is 1. The van der Waals surface area contributed by atoms with Gasteiger partial charge in [-0.2, -0.15) is 8.42 Å². The SMILES string of the molecule is CCCNS(=O)(=O)NCC(c1ccccc1)S(=O)(=O)c1cccs1. The summed E-state index contributed by atoms with van der Waals surface area (Å²) in [5.41, 5.74) is 0.545. The molecule has 0 fully saturated rings. The molecule has 0 aliphatic heterocycles. The predicted molar refractivity (Wildman–Crippen MR) is 95.9 cm³/mol. The van der Waals surface area contributed by atoms with Gasteiger partial charge in [0.15, 0.2) is 9.84 Å². The Morgan fingerprint density at radius 1 is 1.00 bits per heavy atom. The van der Waals surface area contributed by atoms with E-state index in [9.17, 15) is 16.8 Å². The fourth-order valence-corrected chi connectivity index (χ4v) is 6.05. The molecule has 1 unspecified atom stereocenters. The van der Waals surface area contributed by atoms with Crippen molar-refractivity contribution in [2.45, 2.75) is 22.8 Å². The molecule has 1 atom stereocenters. The Bertz CT molecular complexity index is 832. The maximum Gasteiger partial charge on any atom is 0.276 e. The molecule has 0 aliphatic rings. The molecule has 0 bridgehead atoms. The van der Waals surface area contributed by atoms with Crippen LogP contribution in [0, 0.1) is 0 Å². The highest BCUT2D eigenvalue weighted by Gasteiger charge is 2.31. The Morgan fingerprint density at radius 2 is 1.71 bits per heavy atom. The van der Waals surface area contributed by atoms with E-state index >= 15 is 0 Å². The largest absolute Gasteiger partial charge is 0.276 e. The Hall–Kier alpha value is -1.26. The van der Waals surface area contributed by atoms with Crippen LogP contribution >= 0.6 is 11.3 Å². The molecule has 9 heteroatoms. The summed E-state index contributed by atoms with van der Waals surface area (Å²) in [7, 11) is -7.43. The first kappa shape index (κ1) is 19.1. The highest BCUT2D eigenvalue weighted by Crippen LogP contribution is 2.31. The summed E-state index contributed by atoms with van der Waals surface area (Å²) in [6.07, 6.45) is 0.649. The van der Waals surface area contributed by atoms with Gasteiger partial charge in [0, 0.05) is 13.1 Å². The third-order valence-electron chi connectivity index (χ3n) is 3.32. The van der Waals surface area contributed by atoms with E-state index in [1.54, 1.807) is 41.8 Å². The molecule has 0 aliphatic carbocycles. The van der Waals surface area contributed by atoms with Crippen LogP contribution < -0.4 is 9.44 Å². The van der Waals surface area contributed by atoms with E-state index in [2.05, 4.69) is 9.44 Å². The molecule has 6 nitrogen and oxygen atoms in total. The summed E-state index contributed by atoms with van der Waals surface area (Å²) in [5.74, 6) is 0. The van der Waals surface area contributed by atoms with Crippen LogP contribution in [0.3, 0.4) is 0 Å². The second-order valence-corrected chi connectivity index (χ2v) is 10.0. The van der Waals surface area contributed by atoms with Crippen LogP contribution in [0.1, 0.15) is 24.2 Å². The van der Waals surface area contributed by atoms with E-state index < -0.39 is 25.3 Å². The number of benzene rings is 1. The van der Waals surface area contributed by atoms with Crippen molar-refractivity contribution in [2.24, 2.45) is 0 Å². The average Bonchev–Trinajstić information content (AvgIpc) is 3.09. The Labute approximate surface area is 147 Å². The second-order valence-electron chi connectivity index (χ2n) is 5.12. The highest BCUT2D eigenvalue weighted by atomic mass is 32.2. The number of sulfone groups is 1. The molecule has 132 valence electrons. The zero-order valence-electron chi connectivity index (χ0n) is 13.2. The minimum absolute atomic E-state index is 0.220. The normalized spacial score (nSPS) is 13.7. The Balaban J connectivity index is 2.29. The van der Waals surface area contributed by atoms with Gasteiger partial charge in [-0.15, -0.1) is 11.3 Å². The summed E-state index contributed by atoms with van der Waals surface area (Å²) in [6, 6.07) is 11.8. The summed E-state index contributed by atoms with van der Waals surface area (Å²) in [5, 5.41) is 0.692. The van der Waals surface area contributed by atoms with Gasteiger partial charge in [-0.1, -0.05) is 43.3 Å². The fourth-order valence-electron chi connectivity index (χ4n) is 2.11. The number of rotatable bonds is 9. The third-order valence-corrected chi connectivity index (χ3v) is 7.99. The monoisotopic (exact) mass is 388 g/mol. The second kappa shape index (κ2) is 8.21. The zero-order chi connectivity index (χ0) is 17.6. The van der Waals surface area contributed by atoms with Crippen LogP contribution in [0.2, 0.25) is 0 Å². The van der Waals surface area contributed by atoms with Crippen molar-refractivity contribution in [2.75, 3.05) is 13.1 Å². The van der Waals surface area contributed by atoms with Crippen LogP contribution in [0.5, 0.6) is 0 Å². The van der Waals surface area contributed by atoms with Gasteiger partial charge in [-0.25, -0.2) is 17.9 Å². The lowest BCUT2D eigenvalue weighted by Gasteiger charge is -2.18. The highest BCUT2D eigenvalue weighted by molar-refractivity contribution is 7.93. The Kier molecular flexibility index (Phi) is 6.53. The molecule has 1 aromatic carbocycles. The first-order chi connectivity index (χ1) is 11.4. The molecule has 24 heavy (non-hydrogen) atoms. The number of nitrogens with one attached hydrogen (secondary N) is 2. The van der Waals surface area contributed by atoms with E-state index in [-0.39, 0.29) is 10.8 Å². The van der Waals surface area contributed by atoms with Gasteiger partial charge in [0.2, 0.25) is 0 Å². The van der Waals surface area contributed by atoms with Gasteiger partial charge in [-0.3, -0.25) is 0 Å². The summed E-state index contributed by atoms with van der Waals surface area (Å²) >= 11 is 1.12. The van der Waals surface area contributed by atoms with Crippen LogP contribution in [-0.4, -0.2) is 29.9 Å². The molecule has 2 aromatic rings. The summed E-state index contributed by atoms with van der Waals surface area (Å²) < 4.78 is 54.5.